The highest BCUT2D eigenvalue weighted by Crippen LogP contribution is 2.32. The standard InChI is InChI=1S/C13H14O2S/c1-8-3-4-12-10(7-8)9(2)11(16-12)5-6-13(14)15/h3-4,7H,5-6H2,1-2H3,(H,14,15). The number of hydrogen-bond acceptors (Lipinski definition) is 2. The maximum absolute atomic E-state index is 10.6. The molecule has 0 amide bonds. The number of fused-ring (bicyclic) bond motifs is 1. The summed E-state index contributed by atoms with van der Waals surface area (Å²) in [6.07, 6.45) is 0.853. The van der Waals surface area contributed by atoms with E-state index in [4.69, 9.17) is 5.11 Å². The fourth-order valence-electron chi connectivity index (χ4n) is 1.84. The Kier molecular flexibility index (Phi) is 2.97. The van der Waals surface area contributed by atoms with Crippen molar-refractivity contribution >= 4 is 27.4 Å². The van der Waals surface area contributed by atoms with E-state index < -0.39 is 5.97 Å². The molecule has 0 unspecified atom stereocenters. The lowest BCUT2D eigenvalue weighted by atomic mass is 10.1. The van der Waals surface area contributed by atoms with Crippen molar-refractivity contribution in [3.63, 3.8) is 0 Å². The molecule has 16 heavy (non-hydrogen) atoms. The zero-order valence-electron chi connectivity index (χ0n) is 9.41. The van der Waals surface area contributed by atoms with Crippen molar-refractivity contribution in [1.82, 2.24) is 0 Å². The van der Waals surface area contributed by atoms with Gasteiger partial charge in [-0.2, -0.15) is 0 Å². The van der Waals surface area contributed by atoms with Crippen LogP contribution in [0, 0.1) is 13.8 Å². The highest BCUT2D eigenvalue weighted by molar-refractivity contribution is 7.19. The summed E-state index contributed by atoms with van der Waals surface area (Å²) in [6, 6.07) is 6.39. The molecule has 1 heterocycles. The van der Waals surface area contributed by atoms with Crippen LogP contribution >= 0.6 is 11.3 Å². The van der Waals surface area contributed by atoms with E-state index in [1.54, 1.807) is 11.3 Å². The summed E-state index contributed by atoms with van der Waals surface area (Å²) in [5.41, 5.74) is 2.49. The van der Waals surface area contributed by atoms with Crippen LogP contribution in [0.4, 0.5) is 0 Å². The molecule has 0 fully saturated rings. The number of aryl methyl sites for hydroxylation is 3. The van der Waals surface area contributed by atoms with E-state index in [0.717, 1.165) is 0 Å². The first kappa shape index (κ1) is 11.1. The third-order valence-electron chi connectivity index (χ3n) is 2.76. The molecule has 1 N–H and O–H groups in total. The quantitative estimate of drug-likeness (QED) is 0.882. The van der Waals surface area contributed by atoms with Crippen molar-refractivity contribution in [1.29, 1.82) is 0 Å². The van der Waals surface area contributed by atoms with Gasteiger partial charge < -0.3 is 5.11 Å². The third kappa shape index (κ3) is 2.09. The van der Waals surface area contributed by atoms with Gasteiger partial charge in [-0.15, -0.1) is 11.3 Å². The molecule has 0 aliphatic heterocycles. The molecule has 2 rings (SSSR count). The van der Waals surface area contributed by atoms with Gasteiger partial charge >= 0.3 is 5.97 Å². The van der Waals surface area contributed by atoms with E-state index in [-0.39, 0.29) is 6.42 Å². The number of benzene rings is 1. The molecule has 3 heteroatoms. The SMILES string of the molecule is Cc1ccc2sc(CCC(=O)O)c(C)c2c1. The Morgan fingerprint density at radius 3 is 2.81 bits per heavy atom. The predicted molar refractivity (Wildman–Crippen MR) is 67.3 cm³/mol. The number of carbonyl (C=O) groups is 1. The summed E-state index contributed by atoms with van der Waals surface area (Å²) >= 11 is 1.71. The van der Waals surface area contributed by atoms with E-state index in [0.29, 0.717) is 6.42 Å². The topological polar surface area (TPSA) is 37.3 Å². The average molecular weight is 234 g/mol. The third-order valence-corrected chi connectivity index (χ3v) is 4.09. The zero-order chi connectivity index (χ0) is 11.7. The van der Waals surface area contributed by atoms with Crippen LogP contribution in [-0.4, -0.2) is 11.1 Å². The molecule has 0 spiro atoms. The summed E-state index contributed by atoms with van der Waals surface area (Å²) in [7, 11) is 0. The Labute approximate surface area is 98.5 Å². The number of carboxylic acids is 1. The lowest BCUT2D eigenvalue weighted by Gasteiger charge is -1.96. The van der Waals surface area contributed by atoms with E-state index >= 15 is 0 Å². The smallest absolute Gasteiger partial charge is 0.303 e. The number of hydrogen-bond donors (Lipinski definition) is 1. The van der Waals surface area contributed by atoms with Crippen LogP contribution < -0.4 is 0 Å². The molecular weight excluding hydrogens is 220 g/mol. The molecular formula is C13H14O2S. The van der Waals surface area contributed by atoms with Crippen molar-refractivity contribution in [3.05, 3.63) is 34.2 Å². The minimum atomic E-state index is -0.729. The maximum Gasteiger partial charge on any atom is 0.303 e. The Balaban J connectivity index is 2.40. The fourth-order valence-corrected chi connectivity index (χ4v) is 3.04. The predicted octanol–water partition coefficient (Wildman–Crippen LogP) is 3.54. The van der Waals surface area contributed by atoms with Gasteiger partial charge in [0.1, 0.15) is 0 Å². The van der Waals surface area contributed by atoms with E-state index in [1.165, 1.54) is 26.1 Å². The van der Waals surface area contributed by atoms with Crippen LogP contribution in [0.3, 0.4) is 0 Å². The second kappa shape index (κ2) is 4.26. The number of carboxylic acid groups (broad SMARTS) is 1. The van der Waals surface area contributed by atoms with Gasteiger partial charge in [-0.1, -0.05) is 17.7 Å². The van der Waals surface area contributed by atoms with Crippen LogP contribution in [0.1, 0.15) is 22.4 Å². The highest BCUT2D eigenvalue weighted by atomic mass is 32.1. The van der Waals surface area contributed by atoms with Crippen molar-refractivity contribution < 1.29 is 9.90 Å². The van der Waals surface area contributed by atoms with Crippen LogP contribution in [-0.2, 0) is 11.2 Å². The molecule has 1 aromatic heterocycles. The summed E-state index contributed by atoms with van der Waals surface area (Å²) in [6.45, 7) is 4.16. The van der Waals surface area contributed by atoms with Crippen molar-refractivity contribution in [2.75, 3.05) is 0 Å². The highest BCUT2D eigenvalue weighted by Gasteiger charge is 2.09. The summed E-state index contributed by atoms with van der Waals surface area (Å²) in [4.78, 5) is 11.8. The van der Waals surface area contributed by atoms with Gasteiger partial charge in [0.05, 0.1) is 6.42 Å². The second-order valence-corrected chi connectivity index (χ2v) is 5.18. The maximum atomic E-state index is 10.6. The molecule has 0 radical (unpaired) electrons. The molecule has 84 valence electrons. The van der Waals surface area contributed by atoms with Gasteiger partial charge in [-0.3, -0.25) is 4.79 Å². The molecule has 0 atom stereocenters. The monoisotopic (exact) mass is 234 g/mol. The summed E-state index contributed by atoms with van der Waals surface area (Å²) in [5, 5.41) is 9.96. The zero-order valence-corrected chi connectivity index (χ0v) is 10.2. The van der Waals surface area contributed by atoms with Gasteiger partial charge in [0.15, 0.2) is 0 Å². The first-order valence-corrected chi connectivity index (χ1v) is 6.10. The lowest BCUT2D eigenvalue weighted by molar-refractivity contribution is -0.136. The largest absolute Gasteiger partial charge is 0.481 e. The lowest BCUT2D eigenvalue weighted by Crippen LogP contribution is -1.96. The normalized spacial score (nSPS) is 10.9. The van der Waals surface area contributed by atoms with Gasteiger partial charge in [-0.05, 0) is 37.3 Å². The van der Waals surface area contributed by atoms with E-state index in [2.05, 4.69) is 32.0 Å². The number of aliphatic carboxylic acids is 1. The number of rotatable bonds is 3. The first-order chi connectivity index (χ1) is 7.58. The summed E-state index contributed by atoms with van der Waals surface area (Å²) < 4.78 is 1.25. The number of thiophene rings is 1. The van der Waals surface area contributed by atoms with Crippen molar-refractivity contribution in [2.45, 2.75) is 26.7 Å². The van der Waals surface area contributed by atoms with Gasteiger partial charge in [0.2, 0.25) is 0 Å². The Morgan fingerprint density at radius 1 is 1.38 bits per heavy atom. The molecule has 0 saturated carbocycles. The second-order valence-electron chi connectivity index (χ2n) is 4.04. The Bertz CT molecular complexity index is 540. The Hall–Kier alpha value is -1.35. The van der Waals surface area contributed by atoms with Crippen LogP contribution in [0.2, 0.25) is 0 Å². The van der Waals surface area contributed by atoms with Crippen LogP contribution in [0.15, 0.2) is 18.2 Å². The Morgan fingerprint density at radius 2 is 2.12 bits per heavy atom. The first-order valence-electron chi connectivity index (χ1n) is 5.28. The minimum Gasteiger partial charge on any atom is -0.481 e. The van der Waals surface area contributed by atoms with Crippen molar-refractivity contribution in [2.24, 2.45) is 0 Å². The molecule has 1 aromatic carbocycles. The molecule has 0 bridgehead atoms. The molecule has 2 aromatic rings. The van der Waals surface area contributed by atoms with E-state index in [1.807, 2.05) is 0 Å². The average Bonchev–Trinajstić information content (AvgIpc) is 2.53. The molecule has 2 nitrogen and oxygen atoms in total. The summed E-state index contributed by atoms with van der Waals surface area (Å²) in [5.74, 6) is -0.729. The van der Waals surface area contributed by atoms with Crippen molar-refractivity contribution in [3.8, 4) is 0 Å². The fraction of sp³-hybridized carbons (Fsp3) is 0.308. The van der Waals surface area contributed by atoms with Gasteiger partial charge in [0.25, 0.3) is 0 Å². The van der Waals surface area contributed by atoms with Crippen LogP contribution in [0.5, 0.6) is 0 Å². The minimum absolute atomic E-state index is 0.215. The van der Waals surface area contributed by atoms with Crippen LogP contribution in [0.25, 0.3) is 10.1 Å². The van der Waals surface area contributed by atoms with Gasteiger partial charge in [0, 0.05) is 9.58 Å². The molecule has 0 aliphatic carbocycles. The van der Waals surface area contributed by atoms with Gasteiger partial charge in [-0.25, -0.2) is 0 Å². The van der Waals surface area contributed by atoms with E-state index in [9.17, 15) is 4.79 Å². The molecule has 0 aliphatic rings. The molecule has 0 saturated heterocycles.